The molecule has 0 radical (unpaired) electrons. The Morgan fingerprint density at radius 2 is 1.72 bits per heavy atom. The van der Waals surface area contributed by atoms with Crippen molar-refractivity contribution in [1.29, 1.82) is 0 Å². The maximum Gasteiger partial charge on any atom is 0.215 e. The molecule has 1 atom stereocenters. The number of amides is 1. The van der Waals surface area contributed by atoms with Crippen LogP contribution in [0.1, 0.15) is 25.7 Å². The summed E-state index contributed by atoms with van der Waals surface area (Å²) in [6.45, 7) is 2.13. The van der Waals surface area contributed by atoms with Crippen molar-refractivity contribution >= 4 is 40.0 Å². The minimum atomic E-state index is 0.324. The summed E-state index contributed by atoms with van der Waals surface area (Å²) in [5, 5.41) is 0.988. The average molecular weight is 375 g/mol. The first kappa shape index (κ1) is 16.9. The smallest absolute Gasteiger partial charge is 0.215 e. The number of para-hydroxylation sites is 1. The van der Waals surface area contributed by atoms with E-state index < -0.39 is 0 Å². The highest BCUT2D eigenvalue weighted by Gasteiger charge is 2.42. The fourth-order valence-electron chi connectivity index (χ4n) is 4.13. The number of anilines is 2. The molecule has 2 fully saturated rings. The molecule has 5 heteroatoms. The van der Waals surface area contributed by atoms with E-state index in [0.717, 1.165) is 41.7 Å². The summed E-state index contributed by atoms with van der Waals surface area (Å²) >= 11 is 7.61. The van der Waals surface area contributed by atoms with Gasteiger partial charge in [0.15, 0.2) is 0 Å². The number of nitrogens with zero attached hydrogens (tertiary/aromatic N) is 2. The molecule has 2 aromatic rings. The molecule has 132 valence electrons. The Labute approximate surface area is 158 Å². The van der Waals surface area contributed by atoms with Crippen LogP contribution < -0.4 is 9.80 Å². The first-order valence-electron chi connectivity index (χ1n) is 9.05. The van der Waals surface area contributed by atoms with E-state index in [1.165, 1.54) is 29.9 Å². The van der Waals surface area contributed by atoms with E-state index in [-0.39, 0.29) is 0 Å². The third-order valence-electron chi connectivity index (χ3n) is 5.50. The van der Waals surface area contributed by atoms with Gasteiger partial charge >= 0.3 is 0 Å². The molecule has 0 unspecified atom stereocenters. The molecule has 4 rings (SSSR count). The van der Waals surface area contributed by atoms with Crippen LogP contribution in [-0.4, -0.2) is 25.5 Å². The van der Waals surface area contributed by atoms with Gasteiger partial charge in [-0.2, -0.15) is 0 Å². The van der Waals surface area contributed by atoms with Gasteiger partial charge in [-0.25, -0.2) is 0 Å². The van der Waals surface area contributed by atoms with Crippen LogP contribution in [-0.2, 0) is 4.79 Å². The van der Waals surface area contributed by atoms with E-state index in [0.29, 0.717) is 17.9 Å². The van der Waals surface area contributed by atoms with Crippen LogP contribution in [0.5, 0.6) is 0 Å². The second kappa shape index (κ2) is 7.38. The molecule has 3 nitrogen and oxygen atoms in total. The lowest BCUT2D eigenvalue weighted by atomic mass is 9.85. The van der Waals surface area contributed by atoms with Crippen molar-refractivity contribution in [3.05, 3.63) is 46.8 Å². The molecule has 1 amide bonds. The van der Waals surface area contributed by atoms with Gasteiger partial charge in [-0.05, 0) is 61.8 Å². The zero-order valence-corrected chi connectivity index (χ0v) is 15.8. The number of hydrogen-bond donors (Lipinski definition) is 0. The summed E-state index contributed by atoms with van der Waals surface area (Å²) in [4.78, 5) is 16.3. The van der Waals surface area contributed by atoms with Gasteiger partial charge in [-0.1, -0.05) is 29.8 Å². The second-order valence-corrected chi connectivity index (χ2v) is 8.77. The Hall–Kier alpha value is -1.52. The number of piperidine rings is 1. The Morgan fingerprint density at radius 1 is 1.04 bits per heavy atom. The van der Waals surface area contributed by atoms with Gasteiger partial charge in [-0.15, -0.1) is 11.3 Å². The second-order valence-electron chi connectivity index (χ2n) is 7.08. The Balaban J connectivity index is 1.48. The van der Waals surface area contributed by atoms with Crippen LogP contribution in [0.25, 0.3) is 0 Å². The van der Waals surface area contributed by atoms with E-state index >= 15 is 0 Å². The van der Waals surface area contributed by atoms with E-state index in [1.54, 1.807) is 0 Å². The molecule has 0 N–H and O–H groups in total. The third kappa shape index (κ3) is 3.70. The summed E-state index contributed by atoms with van der Waals surface area (Å²) in [6, 6.07) is 14.8. The number of carbonyl (C=O) groups excluding carboxylic acids is 1. The number of thiophene rings is 1. The normalized spacial score (nSPS) is 19.6. The highest BCUT2D eigenvalue weighted by atomic mass is 35.5. The van der Waals surface area contributed by atoms with Crippen molar-refractivity contribution in [3.63, 3.8) is 0 Å². The van der Waals surface area contributed by atoms with Crippen LogP contribution in [0, 0.1) is 11.8 Å². The lowest BCUT2D eigenvalue weighted by Crippen LogP contribution is -2.46. The molecule has 25 heavy (non-hydrogen) atoms. The van der Waals surface area contributed by atoms with Crippen molar-refractivity contribution in [3.8, 4) is 0 Å². The summed E-state index contributed by atoms with van der Waals surface area (Å²) < 4.78 is 0.746. The summed E-state index contributed by atoms with van der Waals surface area (Å²) in [7, 11) is 0. The molecule has 1 aliphatic carbocycles. The quantitative estimate of drug-likeness (QED) is 0.660. The Kier molecular flexibility index (Phi) is 5.00. The SMILES string of the molecule is O=CN(c1ccc(Cl)s1)[C@@H](C1CC1)C1CCN(c2ccccc2)CC1. The molecule has 0 spiro atoms. The molecule has 2 heterocycles. The zero-order valence-electron chi connectivity index (χ0n) is 14.2. The molecule has 1 aliphatic heterocycles. The predicted octanol–water partition coefficient (Wildman–Crippen LogP) is 5.06. The standard InChI is InChI=1S/C20H23ClN2OS/c21-18-8-9-19(25-18)23(14-24)20(15-6-7-15)16-10-12-22(13-11-16)17-4-2-1-3-5-17/h1-5,8-9,14-16,20H,6-7,10-13H2/t20-/m0/s1. The van der Waals surface area contributed by atoms with E-state index in [9.17, 15) is 4.79 Å². The third-order valence-corrected chi connectivity index (χ3v) is 6.74. The van der Waals surface area contributed by atoms with Crippen molar-refractivity contribution in [2.75, 3.05) is 22.9 Å². The number of benzene rings is 1. The summed E-state index contributed by atoms with van der Waals surface area (Å²) in [5.74, 6) is 1.22. The minimum Gasteiger partial charge on any atom is -0.372 e. The van der Waals surface area contributed by atoms with Crippen LogP contribution in [0.3, 0.4) is 0 Å². The van der Waals surface area contributed by atoms with Gasteiger partial charge in [0.25, 0.3) is 0 Å². The summed E-state index contributed by atoms with van der Waals surface area (Å²) in [6.07, 6.45) is 5.79. The maximum absolute atomic E-state index is 11.9. The first-order chi connectivity index (χ1) is 12.3. The molecular formula is C20H23ClN2OS. The first-order valence-corrected chi connectivity index (χ1v) is 10.2. The van der Waals surface area contributed by atoms with Gasteiger partial charge < -0.3 is 9.80 Å². The number of hydrogen-bond acceptors (Lipinski definition) is 3. The lowest BCUT2D eigenvalue weighted by Gasteiger charge is -2.40. The van der Waals surface area contributed by atoms with Gasteiger partial charge in [0.1, 0.15) is 0 Å². The fraction of sp³-hybridized carbons (Fsp3) is 0.450. The van der Waals surface area contributed by atoms with Crippen molar-refractivity contribution in [2.24, 2.45) is 11.8 Å². The summed E-state index contributed by atoms with van der Waals surface area (Å²) in [5.41, 5.74) is 1.31. The largest absolute Gasteiger partial charge is 0.372 e. The van der Waals surface area contributed by atoms with E-state index in [1.807, 2.05) is 17.0 Å². The predicted molar refractivity (Wildman–Crippen MR) is 106 cm³/mol. The van der Waals surface area contributed by atoms with Crippen LogP contribution in [0.15, 0.2) is 42.5 Å². The van der Waals surface area contributed by atoms with Crippen molar-refractivity contribution in [2.45, 2.75) is 31.7 Å². The molecule has 1 saturated heterocycles. The molecule has 1 saturated carbocycles. The topological polar surface area (TPSA) is 23.6 Å². The lowest BCUT2D eigenvalue weighted by molar-refractivity contribution is -0.108. The van der Waals surface area contributed by atoms with E-state index in [4.69, 9.17) is 11.6 Å². The van der Waals surface area contributed by atoms with Crippen LogP contribution in [0.4, 0.5) is 10.7 Å². The van der Waals surface area contributed by atoms with Crippen molar-refractivity contribution < 1.29 is 4.79 Å². The molecular weight excluding hydrogens is 352 g/mol. The van der Waals surface area contributed by atoms with Crippen LogP contribution in [0.2, 0.25) is 4.34 Å². The average Bonchev–Trinajstić information content (AvgIpc) is 3.41. The van der Waals surface area contributed by atoms with Crippen molar-refractivity contribution in [1.82, 2.24) is 0 Å². The fourth-order valence-corrected chi connectivity index (χ4v) is 5.17. The number of halogens is 1. The maximum atomic E-state index is 11.9. The van der Waals surface area contributed by atoms with E-state index in [2.05, 4.69) is 35.2 Å². The minimum absolute atomic E-state index is 0.324. The molecule has 2 aliphatic rings. The molecule has 0 bridgehead atoms. The van der Waals surface area contributed by atoms with Gasteiger partial charge in [0.2, 0.25) is 6.41 Å². The van der Waals surface area contributed by atoms with Crippen LogP contribution >= 0.6 is 22.9 Å². The Morgan fingerprint density at radius 3 is 2.28 bits per heavy atom. The Bertz CT molecular complexity index is 707. The number of carbonyl (C=O) groups is 1. The highest BCUT2D eigenvalue weighted by molar-refractivity contribution is 7.20. The van der Waals surface area contributed by atoms with Gasteiger partial charge in [-0.3, -0.25) is 4.79 Å². The van der Waals surface area contributed by atoms with Gasteiger partial charge in [0, 0.05) is 24.8 Å². The monoisotopic (exact) mass is 374 g/mol. The number of rotatable bonds is 6. The molecule has 1 aromatic carbocycles. The highest BCUT2D eigenvalue weighted by Crippen LogP contribution is 2.44. The zero-order chi connectivity index (χ0) is 17.2. The molecule has 1 aromatic heterocycles. The van der Waals surface area contributed by atoms with Gasteiger partial charge in [0.05, 0.1) is 9.34 Å².